The fourth-order valence-corrected chi connectivity index (χ4v) is 2.22. The van der Waals surface area contributed by atoms with Gasteiger partial charge in [-0.25, -0.2) is 0 Å². The lowest BCUT2D eigenvalue weighted by atomic mass is 9.85. The quantitative estimate of drug-likeness (QED) is 0.787. The molecule has 1 aromatic carbocycles. The first-order valence-corrected chi connectivity index (χ1v) is 6.68. The molecule has 1 saturated carbocycles. The van der Waals surface area contributed by atoms with E-state index in [1.54, 1.807) is 0 Å². The lowest BCUT2D eigenvalue weighted by molar-refractivity contribution is 0.0951. The smallest absolute Gasteiger partial charge is 0.237 e. The third-order valence-corrected chi connectivity index (χ3v) is 3.75. The standard InChI is InChI=1S/C15H16N2O2/c1-10(13(18)11-6-3-2-4-7-11)15-16-14(17-19-15)12-8-5-9-12/h2-4,6-7,10,12H,5,8-9H2,1H3. The molecule has 1 atom stereocenters. The van der Waals surface area contributed by atoms with E-state index in [4.69, 9.17) is 4.52 Å². The normalized spacial score (nSPS) is 16.9. The third-order valence-electron chi connectivity index (χ3n) is 3.75. The number of carbonyl (C=O) groups is 1. The van der Waals surface area contributed by atoms with Crippen molar-refractivity contribution in [1.82, 2.24) is 10.1 Å². The average Bonchev–Trinajstić information content (AvgIpc) is 2.85. The predicted molar refractivity (Wildman–Crippen MR) is 70.1 cm³/mol. The van der Waals surface area contributed by atoms with E-state index in [-0.39, 0.29) is 11.7 Å². The summed E-state index contributed by atoms with van der Waals surface area (Å²) in [5.41, 5.74) is 0.679. The largest absolute Gasteiger partial charge is 0.339 e. The van der Waals surface area contributed by atoms with Gasteiger partial charge in [-0.05, 0) is 19.8 Å². The minimum absolute atomic E-state index is 0.0180. The molecule has 4 nitrogen and oxygen atoms in total. The molecule has 1 unspecified atom stereocenters. The number of nitrogens with zero attached hydrogens (tertiary/aromatic N) is 2. The van der Waals surface area contributed by atoms with Gasteiger partial charge < -0.3 is 4.52 Å². The Labute approximate surface area is 111 Å². The van der Waals surface area contributed by atoms with E-state index < -0.39 is 0 Å². The Hall–Kier alpha value is -1.97. The Kier molecular flexibility index (Phi) is 3.15. The van der Waals surface area contributed by atoms with E-state index in [2.05, 4.69) is 10.1 Å². The first kappa shape index (κ1) is 12.1. The fourth-order valence-electron chi connectivity index (χ4n) is 2.22. The van der Waals surface area contributed by atoms with Crippen molar-refractivity contribution >= 4 is 5.78 Å². The zero-order valence-corrected chi connectivity index (χ0v) is 10.9. The summed E-state index contributed by atoms with van der Waals surface area (Å²) in [5, 5.41) is 4.00. The second-order valence-corrected chi connectivity index (χ2v) is 5.07. The number of carbonyl (C=O) groups excluding carboxylic acids is 1. The summed E-state index contributed by atoms with van der Waals surface area (Å²) >= 11 is 0. The molecular weight excluding hydrogens is 240 g/mol. The molecule has 1 aliphatic carbocycles. The highest BCUT2D eigenvalue weighted by atomic mass is 16.5. The van der Waals surface area contributed by atoms with Crippen molar-refractivity contribution in [2.24, 2.45) is 0 Å². The van der Waals surface area contributed by atoms with Gasteiger partial charge in [-0.15, -0.1) is 0 Å². The fraction of sp³-hybridized carbons (Fsp3) is 0.400. The van der Waals surface area contributed by atoms with Gasteiger partial charge in [-0.2, -0.15) is 4.98 Å². The molecule has 0 amide bonds. The molecule has 1 aromatic heterocycles. The van der Waals surface area contributed by atoms with Gasteiger partial charge >= 0.3 is 0 Å². The van der Waals surface area contributed by atoms with Crippen LogP contribution in [0.2, 0.25) is 0 Å². The van der Waals surface area contributed by atoms with Crippen LogP contribution in [0.3, 0.4) is 0 Å². The first-order valence-electron chi connectivity index (χ1n) is 6.68. The van der Waals surface area contributed by atoms with Gasteiger partial charge in [-0.1, -0.05) is 41.9 Å². The highest BCUT2D eigenvalue weighted by Gasteiger charge is 2.28. The van der Waals surface area contributed by atoms with Crippen LogP contribution in [0.1, 0.15) is 60.1 Å². The molecule has 19 heavy (non-hydrogen) atoms. The SMILES string of the molecule is CC(C(=O)c1ccccc1)c1nc(C2CCC2)no1. The summed E-state index contributed by atoms with van der Waals surface area (Å²) in [6, 6.07) is 9.22. The Morgan fingerprint density at radius 3 is 2.68 bits per heavy atom. The van der Waals surface area contributed by atoms with Crippen molar-refractivity contribution in [3.05, 3.63) is 47.6 Å². The maximum absolute atomic E-state index is 12.3. The number of rotatable bonds is 4. The molecule has 1 heterocycles. The lowest BCUT2D eigenvalue weighted by Gasteiger charge is -2.21. The van der Waals surface area contributed by atoms with Crippen molar-refractivity contribution in [2.75, 3.05) is 0 Å². The summed E-state index contributed by atoms with van der Waals surface area (Å²) < 4.78 is 5.24. The molecule has 0 aliphatic heterocycles. The van der Waals surface area contributed by atoms with Crippen LogP contribution in [-0.4, -0.2) is 15.9 Å². The van der Waals surface area contributed by atoms with Crippen LogP contribution >= 0.6 is 0 Å². The maximum atomic E-state index is 12.3. The molecule has 0 spiro atoms. The Morgan fingerprint density at radius 1 is 1.32 bits per heavy atom. The van der Waals surface area contributed by atoms with Crippen molar-refractivity contribution in [2.45, 2.75) is 38.0 Å². The van der Waals surface area contributed by atoms with Crippen molar-refractivity contribution < 1.29 is 9.32 Å². The maximum Gasteiger partial charge on any atom is 0.237 e. The molecular formula is C15H16N2O2. The van der Waals surface area contributed by atoms with Crippen LogP contribution in [0.25, 0.3) is 0 Å². The van der Waals surface area contributed by atoms with Crippen LogP contribution in [0.15, 0.2) is 34.9 Å². The summed E-state index contributed by atoms with van der Waals surface area (Å²) in [5.74, 6) is 1.24. The zero-order chi connectivity index (χ0) is 13.2. The van der Waals surface area contributed by atoms with E-state index in [1.165, 1.54) is 6.42 Å². The summed E-state index contributed by atoms with van der Waals surface area (Å²) in [6.45, 7) is 1.81. The van der Waals surface area contributed by atoms with E-state index in [0.29, 0.717) is 17.4 Å². The molecule has 3 rings (SSSR count). The van der Waals surface area contributed by atoms with Gasteiger partial charge in [0.1, 0.15) is 0 Å². The average molecular weight is 256 g/mol. The first-order chi connectivity index (χ1) is 9.25. The second-order valence-electron chi connectivity index (χ2n) is 5.07. The number of hydrogen-bond donors (Lipinski definition) is 0. The molecule has 0 N–H and O–H groups in total. The van der Waals surface area contributed by atoms with Gasteiger partial charge in [0, 0.05) is 11.5 Å². The Balaban J connectivity index is 1.77. The third kappa shape index (κ3) is 2.30. The second kappa shape index (κ2) is 4.96. The molecule has 0 bridgehead atoms. The number of benzene rings is 1. The predicted octanol–water partition coefficient (Wildman–Crippen LogP) is 3.32. The number of hydrogen-bond acceptors (Lipinski definition) is 4. The van der Waals surface area contributed by atoms with Gasteiger partial charge in [-0.3, -0.25) is 4.79 Å². The number of ketones is 1. The number of aromatic nitrogens is 2. The summed E-state index contributed by atoms with van der Waals surface area (Å²) in [7, 11) is 0. The molecule has 0 radical (unpaired) electrons. The summed E-state index contributed by atoms with van der Waals surface area (Å²) in [4.78, 5) is 16.7. The van der Waals surface area contributed by atoms with Gasteiger partial charge in [0.05, 0.1) is 5.92 Å². The van der Waals surface area contributed by atoms with Gasteiger partial charge in [0.25, 0.3) is 0 Å². The zero-order valence-electron chi connectivity index (χ0n) is 10.9. The minimum Gasteiger partial charge on any atom is -0.339 e. The van der Waals surface area contributed by atoms with E-state index in [1.807, 2.05) is 37.3 Å². The van der Waals surface area contributed by atoms with Crippen LogP contribution in [0, 0.1) is 0 Å². The Bertz CT molecular complexity index is 573. The van der Waals surface area contributed by atoms with Crippen molar-refractivity contribution in [3.63, 3.8) is 0 Å². The van der Waals surface area contributed by atoms with E-state index in [0.717, 1.165) is 18.7 Å². The van der Waals surface area contributed by atoms with Crippen molar-refractivity contribution in [1.29, 1.82) is 0 Å². The van der Waals surface area contributed by atoms with Crippen LogP contribution in [0.5, 0.6) is 0 Å². The monoisotopic (exact) mass is 256 g/mol. The van der Waals surface area contributed by atoms with Crippen molar-refractivity contribution in [3.8, 4) is 0 Å². The van der Waals surface area contributed by atoms with Gasteiger partial charge in [0.15, 0.2) is 11.6 Å². The van der Waals surface area contributed by atoms with Crippen LogP contribution in [-0.2, 0) is 0 Å². The molecule has 98 valence electrons. The molecule has 0 saturated heterocycles. The van der Waals surface area contributed by atoms with E-state index >= 15 is 0 Å². The molecule has 4 heteroatoms. The van der Waals surface area contributed by atoms with Gasteiger partial charge in [0.2, 0.25) is 5.89 Å². The minimum atomic E-state index is -0.385. The van der Waals surface area contributed by atoms with Crippen LogP contribution in [0.4, 0.5) is 0 Å². The topological polar surface area (TPSA) is 56.0 Å². The lowest BCUT2D eigenvalue weighted by Crippen LogP contribution is -2.12. The highest BCUT2D eigenvalue weighted by Crippen LogP contribution is 2.35. The summed E-state index contributed by atoms with van der Waals surface area (Å²) in [6.07, 6.45) is 3.48. The number of Topliss-reactive ketones (excluding diaryl/α,β-unsaturated/α-hetero) is 1. The Morgan fingerprint density at radius 2 is 2.05 bits per heavy atom. The highest BCUT2D eigenvalue weighted by molar-refractivity contribution is 6.00. The molecule has 1 fully saturated rings. The van der Waals surface area contributed by atoms with Crippen LogP contribution < -0.4 is 0 Å². The van der Waals surface area contributed by atoms with E-state index in [9.17, 15) is 4.79 Å². The molecule has 2 aromatic rings. The molecule has 1 aliphatic rings.